The smallest absolute Gasteiger partial charge is 0.150 e. The van der Waals surface area contributed by atoms with E-state index in [0.29, 0.717) is 0 Å². The van der Waals surface area contributed by atoms with E-state index in [2.05, 4.69) is 0 Å². The van der Waals surface area contributed by atoms with Gasteiger partial charge in [0.15, 0.2) is 0 Å². The van der Waals surface area contributed by atoms with Crippen molar-refractivity contribution in [2.24, 2.45) is 0 Å². The number of rotatable bonds is 6. The van der Waals surface area contributed by atoms with Crippen molar-refractivity contribution in [1.29, 1.82) is 0 Å². The summed E-state index contributed by atoms with van der Waals surface area (Å²) in [6.45, 7) is 0. The molecule has 0 aromatic heterocycles. The molecule has 128 valence electrons. The average molecular weight is 412 g/mol. The highest BCUT2D eigenvalue weighted by molar-refractivity contribution is 6.31. The zero-order valence-electron chi connectivity index (χ0n) is 12.2. The topological polar surface area (TPSA) is 17.1 Å². The number of benzene rings is 2. The van der Waals surface area contributed by atoms with Crippen LogP contribution in [0.2, 0.25) is 10.0 Å². The molecule has 0 saturated heterocycles. The molecule has 0 aliphatic heterocycles. The van der Waals surface area contributed by atoms with Crippen molar-refractivity contribution in [3.63, 3.8) is 0 Å². The Morgan fingerprint density at radius 2 is 1.21 bits per heavy atom. The monoisotopic (exact) mass is 410 g/mol. The van der Waals surface area contributed by atoms with Crippen molar-refractivity contribution in [2.75, 3.05) is 11.8 Å². The van der Waals surface area contributed by atoms with E-state index in [4.69, 9.17) is 46.4 Å². The van der Waals surface area contributed by atoms with Crippen molar-refractivity contribution >= 4 is 52.2 Å². The maximum atomic E-state index is 14.1. The predicted molar refractivity (Wildman–Crippen MR) is 94.7 cm³/mol. The van der Waals surface area contributed by atoms with Gasteiger partial charge in [0.1, 0.15) is 17.4 Å². The van der Waals surface area contributed by atoms with Crippen LogP contribution in [0.5, 0.6) is 0 Å². The Labute approximate surface area is 158 Å². The Morgan fingerprint density at radius 3 is 1.50 bits per heavy atom. The van der Waals surface area contributed by atoms with Crippen LogP contribution in [0.3, 0.4) is 0 Å². The highest BCUT2D eigenvalue weighted by Gasteiger charge is 2.31. The predicted octanol–water partition coefficient (Wildman–Crippen LogP) is 6.19. The Balaban J connectivity index is 2.41. The third-order valence-electron chi connectivity index (χ3n) is 3.67. The fraction of sp³-hybridized carbons (Fsp3) is 0.235. The summed E-state index contributed by atoms with van der Waals surface area (Å²) in [6, 6.07) is 7.92. The standard InChI is InChI=1S/C17H12Cl4F2O/c18-7-13(11-3-1-9(20)5-15(11)22)17(24)14(8-19)12-4-2-10(21)6-16(12)23/h1-6,13-14H,7-8H2. The number of Topliss-reactive ketones (excluding diaryl/α,β-unsaturated/α-hetero) is 1. The van der Waals surface area contributed by atoms with E-state index >= 15 is 0 Å². The molecule has 24 heavy (non-hydrogen) atoms. The van der Waals surface area contributed by atoms with Gasteiger partial charge in [-0.25, -0.2) is 8.78 Å². The quantitative estimate of drug-likeness (QED) is 0.518. The SMILES string of the molecule is O=C(C(CCl)c1ccc(Cl)cc1F)C(CCl)c1ccc(Cl)cc1F. The molecular formula is C17H12Cl4F2O. The minimum absolute atomic E-state index is 0.101. The van der Waals surface area contributed by atoms with Crippen LogP contribution in [-0.2, 0) is 4.79 Å². The second kappa shape index (κ2) is 8.48. The Kier molecular flexibility index (Phi) is 6.88. The first kappa shape index (κ1) is 19.5. The van der Waals surface area contributed by atoms with Crippen molar-refractivity contribution in [3.05, 3.63) is 69.2 Å². The number of carbonyl (C=O) groups is 1. The first-order valence-corrected chi connectivity index (χ1v) is 8.77. The maximum absolute atomic E-state index is 14.1. The van der Waals surface area contributed by atoms with E-state index in [0.717, 1.165) is 12.1 Å². The highest BCUT2D eigenvalue weighted by Crippen LogP contribution is 2.32. The molecule has 0 N–H and O–H groups in total. The number of halogens is 6. The second-order valence-corrected chi connectivity index (χ2v) is 6.64. The van der Waals surface area contributed by atoms with Gasteiger partial charge in [-0.1, -0.05) is 35.3 Å². The van der Waals surface area contributed by atoms with Gasteiger partial charge in [-0.15, -0.1) is 23.2 Å². The third-order valence-corrected chi connectivity index (χ3v) is 4.76. The summed E-state index contributed by atoms with van der Waals surface area (Å²) in [6.07, 6.45) is 0. The van der Waals surface area contributed by atoms with E-state index in [1.54, 1.807) is 0 Å². The van der Waals surface area contributed by atoms with E-state index in [1.807, 2.05) is 0 Å². The van der Waals surface area contributed by atoms with E-state index < -0.39 is 29.3 Å². The molecule has 1 nitrogen and oxygen atoms in total. The Bertz CT molecular complexity index is 690. The maximum Gasteiger partial charge on any atom is 0.150 e. The van der Waals surface area contributed by atoms with Gasteiger partial charge in [0.25, 0.3) is 0 Å². The molecule has 0 heterocycles. The molecule has 0 saturated carbocycles. The van der Waals surface area contributed by atoms with Crippen LogP contribution < -0.4 is 0 Å². The molecule has 0 fully saturated rings. The van der Waals surface area contributed by atoms with Crippen LogP contribution in [0.1, 0.15) is 23.0 Å². The fourth-order valence-electron chi connectivity index (χ4n) is 2.44. The number of alkyl halides is 2. The van der Waals surface area contributed by atoms with Crippen LogP contribution in [0.4, 0.5) is 8.78 Å². The highest BCUT2D eigenvalue weighted by atomic mass is 35.5. The largest absolute Gasteiger partial charge is 0.298 e. The lowest BCUT2D eigenvalue weighted by Crippen LogP contribution is -2.24. The molecule has 2 unspecified atom stereocenters. The number of ketones is 1. The first-order chi connectivity index (χ1) is 11.4. The van der Waals surface area contributed by atoms with Gasteiger partial charge in [-0.3, -0.25) is 4.79 Å². The van der Waals surface area contributed by atoms with Crippen molar-refractivity contribution in [3.8, 4) is 0 Å². The van der Waals surface area contributed by atoms with Gasteiger partial charge in [0.05, 0.1) is 11.8 Å². The molecule has 2 aromatic carbocycles. The molecule has 0 spiro atoms. The van der Waals surface area contributed by atoms with Crippen LogP contribution in [-0.4, -0.2) is 17.5 Å². The van der Waals surface area contributed by atoms with Gasteiger partial charge in [0, 0.05) is 21.8 Å². The van der Waals surface area contributed by atoms with Crippen LogP contribution in [0.15, 0.2) is 36.4 Å². The molecule has 0 radical (unpaired) electrons. The Hall–Kier alpha value is -0.870. The summed E-state index contributed by atoms with van der Waals surface area (Å²) in [7, 11) is 0. The second-order valence-electron chi connectivity index (χ2n) is 5.15. The molecule has 2 atom stereocenters. The van der Waals surface area contributed by atoms with Gasteiger partial charge in [0.2, 0.25) is 0 Å². The summed E-state index contributed by atoms with van der Waals surface area (Å²) in [5.74, 6) is -4.04. The summed E-state index contributed by atoms with van der Waals surface area (Å²) < 4.78 is 28.3. The lowest BCUT2D eigenvalue weighted by atomic mass is 9.85. The van der Waals surface area contributed by atoms with Crippen LogP contribution in [0.25, 0.3) is 0 Å². The number of hydrogen-bond donors (Lipinski definition) is 0. The molecular weight excluding hydrogens is 400 g/mol. The van der Waals surface area contributed by atoms with Crippen molar-refractivity contribution in [2.45, 2.75) is 11.8 Å². The van der Waals surface area contributed by atoms with Gasteiger partial charge < -0.3 is 0 Å². The van der Waals surface area contributed by atoms with Gasteiger partial charge in [-0.05, 0) is 35.4 Å². The summed E-state index contributed by atoms with van der Waals surface area (Å²) in [5.41, 5.74) is 0.202. The van der Waals surface area contributed by atoms with Crippen molar-refractivity contribution < 1.29 is 13.6 Å². The van der Waals surface area contributed by atoms with E-state index in [-0.39, 0.29) is 32.9 Å². The molecule has 0 aliphatic carbocycles. The molecule has 2 rings (SSSR count). The zero-order valence-corrected chi connectivity index (χ0v) is 15.2. The molecule has 0 aliphatic rings. The average Bonchev–Trinajstić information content (AvgIpc) is 2.52. The number of hydrogen-bond acceptors (Lipinski definition) is 1. The lowest BCUT2D eigenvalue weighted by molar-refractivity contribution is -0.121. The zero-order chi connectivity index (χ0) is 17.9. The van der Waals surface area contributed by atoms with Crippen LogP contribution >= 0.6 is 46.4 Å². The molecule has 0 bridgehead atoms. The first-order valence-electron chi connectivity index (χ1n) is 6.94. The summed E-state index contributed by atoms with van der Waals surface area (Å²) in [5, 5.41) is 0.407. The minimum Gasteiger partial charge on any atom is -0.298 e. The summed E-state index contributed by atoms with van der Waals surface area (Å²) in [4.78, 5) is 12.8. The van der Waals surface area contributed by atoms with Crippen LogP contribution in [0, 0.1) is 11.6 Å². The van der Waals surface area contributed by atoms with E-state index in [9.17, 15) is 13.6 Å². The van der Waals surface area contributed by atoms with E-state index in [1.165, 1.54) is 24.3 Å². The third kappa shape index (κ3) is 4.20. The fourth-order valence-corrected chi connectivity index (χ4v) is 3.39. The molecule has 2 aromatic rings. The lowest BCUT2D eigenvalue weighted by Gasteiger charge is -2.21. The Morgan fingerprint density at radius 1 is 0.833 bits per heavy atom. The normalized spacial score (nSPS) is 13.6. The summed E-state index contributed by atoms with van der Waals surface area (Å²) >= 11 is 23.2. The van der Waals surface area contributed by atoms with Gasteiger partial charge >= 0.3 is 0 Å². The minimum atomic E-state index is -0.970. The molecule has 7 heteroatoms. The molecule has 0 amide bonds. The number of carbonyl (C=O) groups excluding carboxylic acids is 1. The van der Waals surface area contributed by atoms with Gasteiger partial charge in [-0.2, -0.15) is 0 Å². The van der Waals surface area contributed by atoms with Crippen molar-refractivity contribution in [1.82, 2.24) is 0 Å².